The van der Waals surface area contributed by atoms with Gasteiger partial charge in [-0.15, -0.1) is 0 Å². The summed E-state index contributed by atoms with van der Waals surface area (Å²) in [6, 6.07) is 8.86. The first-order valence-electron chi connectivity index (χ1n) is 8.83. The summed E-state index contributed by atoms with van der Waals surface area (Å²) in [6.07, 6.45) is -7.37. The molecule has 156 valence electrons. The number of hydrogen-bond donors (Lipinski definition) is 3. The number of benzene rings is 2. The van der Waals surface area contributed by atoms with Crippen molar-refractivity contribution in [2.75, 3.05) is 6.54 Å². The van der Waals surface area contributed by atoms with Gasteiger partial charge in [-0.05, 0) is 41.8 Å². The standard InChI is InChI=1S/C20H19F6N3/c21-19(22,23)14-5-12(6-15(8-14)20(24,25)26)9-28-11-16(27)7-13-10-29-18-4-2-1-3-17(13)18/h1-6,8,10,16,28-29H,7,9,11,27H2/t16-/m0/s1. The molecule has 0 saturated heterocycles. The Morgan fingerprint density at radius 2 is 1.55 bits per heavy atom. The maximum atomic E-state index is 12.9. The summed E-state index contributed by atoms with van der Waals surface area (Å²) in [6.45, 7) is 0.0751. The molecule has 3 rings (SSSR count). The van der Waals surface area contributed by atoms with Crippen molar-refractivity contribution in [1.82, 2.24) is 10.3 Å². The molecule has 0 aliphatic rings. The zero-order valence-electron chi connectivity index (χ0n) is 15.2. The monoisotopic (exact) mass is 415 g/mol. The minimum Gasteiger partial charge on any atom is -0.361 e. The molecular formula is C20H19F6N3. The van der Waals surface area contributed by atoms with Crippen LogP contribution < -0.4 is 11.1 Å². The predicted octanol–water partition coefficient (Wildman–Crippen LogP) is 4.87. The summed E-state index contributed by atoms with van der Waals surface area (Å²) in [5, 5.41) is 3.87. The molecule has 4 N–H and O–H groups in total. The lowest BCUT2D eigenvalue weighted by atomic mass is 10.0. The van der Waals surface area contributed by atoms with Gasteiger partial charge in [-0.1, -0.05) is 18.2 Å². The van der Waals surface area contributed by atoms with Crippen molar-refractivity contribution in [3.05, 3.63) is 70.9 Å². The number of aromatic amines is 1. The Kier molecular flexibility index (Phi) is 5.90. The highest BCUT2D eigenvalue weighted by atomic mass is 19.4. The van der Waals surface area contributed by atoms with Gasteiger partial charge in [0.2, 0.25) is 0 Å². The molecule has 3 aromatic rings. The molecule has 0 radical (unpaired) electrons. The Hall–Kier alpha value is -2.52. The van der Waals surface area contributed by atoms with E-state index in [0.29, 0.717) is 18.6 Å². The topological polar surface area (TPSA) is 53.8 Å². The van der Waals surface area contributed by atoms with Crippen LogP contribution in [-0.2, 0) is 25.3 Å². The van der Waals surface area contributed by atoms with E-state index < -0.39 is 23.5 Å². The third-order valence-electron chi connectivity index (χ3n) is 4.54. The Bertz CT molecular complexity index is 942. The second kappa shape index (κ2) is 8.08. The average Bonchev–Trinajstić information content (AvgIpc) is 3.03. The van der Waals surface area contributed by atoms with Crippen LogP contribution in [0.4, 0.5) is 26.3 Å². The van der Waals surface area contributed by atoms with E-state index in [9.17, 15) is 26.3 Å². The molecule has 3 nitrogen and oxygen atoms in total. The highest BCUT2D eigenvalue weighted by Crippen LogP contribution is 2.36. The first-order chi connectivity index (χ1) is 13.5. The Labute approximate surface area is 162 Å². The summed E-state index contributed by atoms with van der Waals surface area (Å²) in [4.78, 5) is 3.13. The van der Waals surface area contributed by atoms with Crippen LogP contribution in [0.15, 0.2) is 48.7 Å². The number of halogens is 6. The van der Waals surface area contributed by atoms with Crippen LogP contribution >= 0.6 is 0 Å². The first-order valence-corrected chi connectivity index (χ1v) is 8.83. The first kappa shape index (κ1) is 21.2. The Morgan fingerprint density at radius 1 is 0.931 bits per heavy atom. The number of nitrogens with one attached hydrogen (secondary N) is 2. The molecule has 9 heteroatoms. The number of fused-ring (bicyclic) bond motifs is 1. The molecule has 0 aliphatic heterocycles. The zero-order chi connectivity index (χ0) is 21.2. The normalized spacial score (nSPS) is 13.8. The highest BCUT2D eigenvalue weighted by molar-refractivity contribution is 5.83. The number of hydrogen-bond acceptors (Lipinski definition) is 2. The van der Waals surface area contributed by atoms with Gasteiger partial charge in [0, 0.05) is 36.2 Å². The van der Waals surface area contributed by atoms with Gasteiger partial charge < -0.3 is 16.0 Å². The molecule has 0 unspecified atom stereocenters. The number of aromatic nitrogens is 1. The van der Waals surface area contributed by atoms with Crippen molar-refractivity contribution in [2.45, 2.75) is 31.4 Å². The molecule has 0 aliphatic carbocycles. The lowest BCUT2D eigenvalue weighted by Crippen LogP contribution is -2.35. The van der Waals surface area contributed by atoms with Crippen molar-refractivity contribution in [1.29, 1.82) is 0 Å². The molecule has 0 fully saturated rings. The van der Waals surface area contributed by atoms with E-state index in [4.69, 9.17) is 5.73 Å². The highest BCUT2D eigenvalue weighted by Gasteiger charge is 2.36. The summed E-state index contributed by atoms with van der Waals surface area (Å²) in [5.41, 5.74) is 5.28. The molecule has 0 saturated carbocycles. The van der Waals surface area contributed by atoms with Gasteiger partial charge in [-0.3, -0.25) is 0 Å². The zero-order valence-corrected chi connectivity index (χ0v) is 15.2. The predicted molar refractivity (Wildman–Crippen MR) is 98.1 cm³/mol. The van der Waals surface area contributed by atoms with Crippen molar-refractivity contribution in [3.8, 4) is 0 Å². The van der Waals surface area contributed by atoms with E-state index in [1.54, 1.807) is 0 Å². The molecule has 1 heterocycles. The van der Waals surface area contributed by atoms with Gasteiger partial charge in [-0.25, -0.2) is 0 Å². The van der Waals surface area contributed by atoms with Crippen molar-refractivity contribution >= 4 is 10.9 Å². The molecule has 2 aromatic carbocycles. The number of nitrogens with two attached hydrogens (primary N) is 1. The Balaban J connectivity index is 1.65. The SMILES string of the molecule is N[C@H](CNCc1cc(C(F)(F)F)cc(C(F)(F)F)c1)Cc1c[nH]c2ccccc12. The lowest BCUT2D eigenvalue weighted by molar-refractivity contribution is -0.143. The van der Waals surface area contributed by atoms with Crippen LogP contribution in [0, 0.1) is 0 Å². The fourth-order valence-corrected chi connectivity index (χ4v) is 3.18. The van der Waals surface area contributed by atoms with E-state index in [1.807, 2.05) is 30.5 Å². The lowest BCUT2D eigenvalue weighted by Gasteiger charge is -2.16. The van der Waals surface area contributed by atoms with Crippen LogP contribution in [0.2, 0.25) is 0 Å². The van der Waals surface area contributed by atoms with Crippen LogP contribution in [0.3, 0.4) is 0 Å². The summed E-state index contributed by atoms with van der Waals surface area (Å²) in [5.74, 6) is 0. The largest absolute Gasteiger partial charge is 0.416 e. The van der Waals surface area contributed by atoms with Crippen molar-refractivity contribution < 1.29 is 26.3 Å². The van der Waals surface area contributed by atoms with Crippen LogP contribution in [0.25, 0.3) is 10.9 Å². The average molecular weight is 415 g/mol. The summed E-state index contributed by atoms with van der Waals surface area (Å²) in [7, 11) is 0. The minimum absolute atomic E-state index is 0.105. The number of H-pyrrole nitrogens is 1. The van der Waals surface area contributed by atoms with E-state index in [0.717, 1.165) is 16.5 Å². The molecular weight excluding hydrogens is 396 g/mol. The van der Waals surface area contributed by atoms with Gasteiger partial charge >= 0.3 is 12.4 Å². The van der Waals surface area contributed by atoms with E-state index >= 15 is 0 Å². The van der Waals surface area contributed by atoms with Gasteiger partial charge in [0.15, 0.2) is 0 Å². The molecule has 0 amide bonds. The molecule has 0 spiro atoms. The van der Waals surface area contributed by atoms with Gasteiger partial charge in [0.05, 0.1) is 11.1 Å². The third-order valence-corrected chi connectivity index (χ3v) is 4.54. The van der Waals surface area contributed by atoms with E-state index in [1.165, 1.54) is 0 Å². The van der Waals surface area contributed by atoms with Gasteiger partial charge in [0.1, 0.15) is 0 Å². The van der Waals surface area contributed by atoms with Gasteiger partial charge in [0.25, 0.3) is 0 Å². The quantitative estimate of drug-likeness (QED) is 0.504. The van der Waals surface area contributed by atoms with Crippen molar-refractivity contribution in [2.24, 2.45) is 5.73 Å². The van der Waals surface area contributed by atoms with E-state index in [2.05, 4.69) is 10.3 Å². The van der Waals surface area contributed by atoms with Crippen LogP contribution in [-0.4, -0.2) is 17.6 Å². The molecule has 1 atom stereocenters. The second-order valence-electron chi connectivity index (χ2n) is 6.87. The second-order valence-corrected chi connectivity index (χ2v) is 6.87. The van der Waals surface area contributed by atoms with Crippen molar-refractivity contribution in [3.63, 3.8) is 0 Å². The number of para-hydroxylation sites is 1. The van der Waals surface area contributed by atoms with E-state index in [-0.39, 0.29) is 30.8 Å². The molecule has 0 bridgehead atoms. The molecule has 1 aromatic heterocycles. The Morgan fingerprint density at radius 3 is 2.17 bits per heavy atom. The maximum absolute atomic E-state index is 12.9. The fraction of sp³-hybridized carbons (Fsp3) is 0.300. The third kappa shape index (κ3) is 5.30. The number of rotatable bonds is 6. The summed E-state index contributed by atoms with van der Waals surface area (Å²) >= 11 is 0. The van der Waals surface area contributed by atoms with Crippen LogP contribution in [0.5, 0.6) is 0 Å². The van der Waals surface area contributed by atoms with Gasteiger partial charge in [-0.2, -0.15) is 26.3 Å². The maximum Gasteiger partial charge on any atom is 0.416 e. The molecule has 29 heavy (non-hydrogen) atoms. The number of alkyl halides is 6. The smallest absolute Gasteiger partial charge is 0.361 e. The van der Waals surface area contributed by atoms with Crippen LogP contribution in [0.1, 0.15) is 22.3 Å². The fourth-order valence-electron chi connectivity index (χ4n) is 3.18. The minimum atomic E-state index is -4.86. The summed E-state index contributed by atoms with van der Waals surface area (Å²) < 4.78 is 77.5.